The van der Waals surface area contributed by atoms with E-state index < -0.39 is 10.0 Å². The molecule has 2 rings (SSSR count). The van der Waals surface area contributed by atoms with Crippen LogP contribution in [-0.4, -0.2) is 21.0 Å². The van der Waals surface area contributed by atoms with Gasteiger partial charge in [0.15, 0.2) is 0 Å². The first-order valence-electron chi connectivity index (χ1n) is 6.75. The Labute approximate surface area is 115 Å². The molecule has 1 aliphatic rings. The van der Waals surface area contributed by atoms with Gasteiger partial charge in [0, 0.05) is 12.6 Å². The fourth-order valence-electron chi connectivity index (χ4n) is 2.15. The Kier molecular flexibility index (Phi) is 4.16. The molecule has 0 saturated heterocycles. The summed E-state index contributed by atoms with van der Waals surface area (Å²) in [6, 6.07) is 6.96. The fourth-order valence-corrected chi connectivity index (χ4v) is 3.58. The topological polar surface area (TPSA) is 58.2 Å². The number of sulfonamides is 1. The first-order valence-corrected chi connectivity index (χ1v) is 8.23. The lowest BCUT2D eigenvalue weighted by molar-refractivity contribution is 0.570. The summed E-state index contributed by atoms with van der Waals surface area (Å²) in [7, 11) is -3.44. The van der Waals surface area contributed by atoms with Gasteiger partial charge in [-0.3, -0.25) is 0 Å². The van der Waals surface area contributed by atoms with Gasteiger partial charge >= 0.3 is 0 Å². The van der Waals surface area contributed by atoms with Crippen molar-refractivity contribution < 1.29 is 8.42 Å². The molecule has 1 fully saturated rings. The third-order valence-electron chi connectivity index (χ3n) is 3.40. The summed E-state index contributed by atoms with van der Waals surface area (Å²) in [4.78, 5) is 0.331. The van der Waals surface area contributed by atoms with Crippen molar-refractivity contribution in [1.82, 2.24) is 4.72 Å². The molecule has 0 radical (unpaired) electrons. The number of benzene rings is 1. The lowest BCUT2D eigenvalue weighted by Crippen LogP contribution is -2.30. The maximum atomic E-state index is 12.2. The lowest BCUT2D eigenvalue weighted by Gasteiger charge is -2.14. The molecule has 106 valence electrons. The third-order valence-corrected chi connectivity index (χ3v) is 5.12. The molecule has 0 bridgehead atoms. The maximum absolute atomic E-state index is 12.2. The summed E-state index contributed by atoms with van der Waals surface area (Å²) in [6.45, 7) is 6.70. The number of hydrogen-bond acceptors (Lipinski definition) is 3. The van der Waals surface area contributed by atoms with Gasteiger partial charge in [0.1, 0.15) is 4.90 Å². The number of rotatable bonds is 6. The van der Waals surface area contributed by atoms with Gasteiger partial charge in [-0.25, -0.2) is 13.1 Å². The molecule has 1 aromatic carbocycles. The molecule has 2 N–H and O–H groups in total. The molecule has 0 heterocycles. The van der Waals surface area contributed by atoms with E-state index in [2.05, 4.69) is 17.0 Å². The highest BCUT2D eigenvalue weighted by Crippen LogP contribution is 2.37. The molecule has 4 nitrogen and oxygen atoms in total. The summed E-state index contributed by atoms with van der Waals surface area (Å²) < 4.78 is 27.1. The molecule has 0 amide bonds. The van der Waals surface area contributed by atoms with Crippen LogP contribution in [0.4, 0.5) is 5.69 Å². The zero-order valence-electron chi connectivity index (χ0n) is 11.7. The third kappa shape index (κ3) is 3.70. The molecule has 1 aromatic rings. The number of hydrogen-bond donors (Lipinski definition) is 2. The maximum Gasteiger partial charge on any atom is 0.242 e. The van der Waals surface area contributed by atoms with Gasteiger partial charge in [-0.2, -0.15) is 0 Å². The Morgan fingerprint density at radius 1 is 1.32 bits per heavy atom. The Morgan fingerprint density at radius 3 is 2.53 bits per heavy atom. The number of anilines is 1. The van der Waals surface area contributed by atoms with Crippen molar-refractivity contribution in [3.63, 3.8) is 0 Å². The van der Waals surface area contributed by atoms with Crippen LogP contribution in [0.15, 0.2) is 29.2 Å². The van der Waals surface area contributed by atoms with E-state index in [0.29, 0.717) is 16.5 Å². The summed E-state index contributed by atoms with van der Waals surface area (Å²) in [5.74, 6) is 1.43. The summed E-state index contributed by atoms with van der Waals surface area (Å²) >= 11 is 0. The molecule has 1 aliphatic carbocycles. The van der Waals surface area contributed by atoms with E-state index in [0.717, 1.165) is 12.5 Å². The number of nitrogens with one attached hydrogen (secondary N) is 2. The second-order valence-electron chi connectivity index (χ2n) is 5.63. The second-order valence-corrected chi connectivity index (χ2v) is 7.31. The first-order chi connectivity index (χ1) is 8.90. The van der Waals surface area contributed by atoms with Gasteiger partial charge < -0.3 is 5.32 Å². The first kappa shape index (κ1) is 14.3. The zero-order valence-corrected chi connectivity index (χ0v) is 12.5. The van der Waals surface area contributed by atoms with Gasteiger partial charge in [0.05, 0.1) is 5.69 Å². The molecule has 0 aliphatic heterocycles. The minimum atomic E-state index is -3.44. The zero-order chi connectivity index (χ0) is 14.0. The molecule has 0 spiro atoms. The van der Waals surface area contributed by atoms with E-state index in [-0.39, 0.29) is 6.04 Å². The van der Waals surface area contributed by atoms with E-state index in [9.17, 15) is 8.42 Å². The van der Waals surface area contributed by atoms with Crippen LogP contribution in [0.3, 0.4) is 0 Å². The van der Waals surface area contributed by atoms with Crippen molar-refractivity contribution in [2.24, 2.45) is 11.8 Å². The molecular formula is C14H22N2O2S. The van der Waals surface area contributed by atoms with Crippen LogP contribution in [0.2, 0.25) is 0 Å². The Balaban J connectivity index is 2.15. The largest absolute Gasteiger partial charge is 0.384 e. The minimum Gasteiger partial charge on any atom is -0.384 e. The van der Waals surface area contributed by atoms with Crippen LogP contribution in [-0.2, 0) is 10.0 Å². The average molecular weight is 282 g/mol. The lowest BCUT2D eigenvalue weighted by atomic mass is 10.3. The van der Waals surface area contributed by atoms with Crippen molar-refractivity contribution in [2.75, 3.05) is 11.9 Å². The van der Waals surface area contributed by atoms with E-state index in [4.69, 9.17) is 0 Å². The predicted octanol–water partition coefficient (Wildman–Crippen LogP) is 2.44. The van der Waals surface area contributed by atoms with E-state index in [1.807, 2.05) is 26.0 Å². The number of para-hydroxylation sites is 1. The summed E-state index contributed by atoms with van der Waals surface area (Å²) in [5.41, 5.74) is 0.690. The average Bonchev–Trinajstić information content (AvgIpc) is 3.01. The van der Waals surface area contributed by atoms with E-state index in [1.54, 1.807) is 12.1 Å². The van der Waals surface area contributed by atoms with Gasteiger partial charge in [-0.05, 0) is 44.2 Å². The Hall–Kier alpha value is -1.07. The molecule has 0 aromatic heterocycles. The highest BCUT2D eigenvalue weighted by atomic mass is 32.2. The molecule has 19 heavy (non-hydrogen) atoms. The Morgan fingerprint density at radius 2 is 1.95 bits per heavy atom. The van der Waals surface area contributed by atoms with Crippen LogP contribution < -0.4 is 10.0 Å². The van der Waals surface area contributed by atoms with Gasteiger partial charge in [-0.1, -0.05) is 19.1 Å². The summed E-state index contributed by atoms with van der Waals surface area (Å²) in [5, 5.41) is 3.27. The molecular weight excluding hydrogens is 260 g/mol. The molecule has 5 heteroatoms. The monoisotopic (exact) mass is 282 g/mol. The van der Waals surface area contributed by atoms with Crippen LogP contribution in [0.5, 0.6) is 0 Å². The normalized spacial score (nSPS) is 22.5. The van der Waals surface area contributed by atoms with Crippen LogP contribution in [0.25, 0.3) is 0 Å². The SMILES string of the molecule is CC(C)NS(=O)(=O)c1ccccc1NCC1CC1C. The predicted molar refractivity (Wildman–Crippen MR) is 77.7 cm³/mol. The molecule has 2 unspecified atom stereocenters. The van der Waals surface area contributed by atoms with Crippen molar-refractivity contribution in [2.45, 2.75) is 38.1 Å². The Bertz CT molecular complexity index is 540. The highest BCUT2D eigenvalue weighted by Gasteiger charge is 2.32. The molecule has 1 saturated carbocycles. The van der Waals surface area contributed by atoms with Crippen molar-refractivity contribution in [3.8, 4) is 0 Å². The van der Waals surface area contributed by atoms with Crippen LogP contribution in [0.1, 0.15) is 27.2 Å². The minimum absolute atomic E-state index is 0.110. The molecule has 2 atom stereocenters. The smallest absolute Gasteiger partial charge is 0.242 e. The van der Waals surface area contributed by atoms with Gasteiger partial charge in [-0.15, -0.1) is 0 Å². The summed E-state index contributed by atoms with van der Waals surface area (Å²) in [6.07, 6.45) is 1.23. The van der Waals surface area contributed by atoms with Crippen LogP contribution >= 0.6 is 0 Å². The van der Waals surface area contributed by atoms with Gasteiger partial charge in [0.25, 0.3) is 0 Å². The van der Waals surface area contributed by atoms with Crippen LogP contribution in [0, 0.1) is 11.8 Å². The highest BCUT2D eigenvalue weighted by molar-refractivity contribution is 7.89. The van der Waals surface area contributed by atoms with Crippen molar-refractivity contribution in [3.05, 3.63) is 24.3 Å². The van der Waals surface area contributed by atoms with Gasteiger partial charge in [0.2, 0.25) is 10.0 Å². The van der Waals surface area contributed by atoms with Crippen molar-refractivity contribution in [1.29, 1.82) is 0 Å². The van der Waals surface area contributed by atoms with E-state index in [1.165, 1.54) is 6.42 Å². The quantitative estimate of drug-likeness (QED) is 0.842. The fraction of sp³-hybridized carbons (Fsp3) is 0.571. The standard InChI is InChI=1S/C14H22N2O2S/c1-10(2)16-19(17,18)14-7-5-4-6-13(14)15-9-12-8-11(12)3/h4-7,10-12,15-16H,8-9H2,1-3H3. The van der Waals surface area contributed by atoms with E-state index >= 15 is 0 Å². The second kappa shape index (κ2) is 5.51. The van der Waals surface area contributed by atoms with Crippen molar-refractivity contribution >= 4 is 15.7 Å².